The van der Waals surface area contributed by atoms with E-state index in [0.29, 0.717) is 52.8 Å². The first-order chi connectivity index (χ1) is 25.7. The molecule has 2 aliphatic heterocycles. The first-order valence-corrected chi connectivity index (χ1v) is 18.5. The molecule has 11 nitrogen and oxygen atoms in total. The van der Waals surface area contributed by atoms with Crippen molar-refractivity contribution in [2.24, 2.45) is 18.9 Å². The van der Waals surface area contributed by atoms with E-state index in [4.69, 9.17) is 4.74 Å². The van der Waals surface area contributed by atoms with Gasteiger partial charge in [0.15, 0.2) is 0 Å². The molecule has 0 bridgehead atoms. The number of Topliss-reactive ketones (excluding diaryl/α,β-unsaturated/α-hetero) is 1. The van der Waals surface area contributed by atoms with Gasteiger partial charge in [0.25, 0.3) is 5.56 Å². The molecule has 280 valence electrons. The molecule has 2 aliphatic rings. The number of aryl methyl sites for hydroxylation is 1. The number of rotatable bonds is 14. The van der Waals surface area contributed by atoms with Crippen molar-refractivity contribution < 1.29 is 23.5 Å². The van der Waals surface area contributed by atoms with E-state index in [1.54, 1.807) is 45.9 Å². The van der Waals surface area contributed by atoms with Crippen molar-refractivity contribution in [3.63, 3.8) is 0 Å². The largest absolute Gasteiger partial charge is 0.496 e. The van der Waals surface area contributed by atoms with Gasteiger partial charge in [0.05, 0.1) is 25.1 Å². The molecule has 12 heteroatoms. The van der Waals surface area contributed by atoms with Crippen LogP contribution in [-0.4, -0.2) is 85.4 Å². The number of methoxy groups -OCH3 is 1. The summed E-state index contributed by atoms with van der Waals surface area (Å²) in [6, 6.07) is 12.7. The van der Waals surface area contributed by atoms with Crippen molar-refractivity contribution in [1.82, 2.24) is 19.8 Å². The van der Waals surface area contributed by atoms with Gasteiger partial charge in [-0.15, -0.1) is 0 Å². The van der Waals surface area contributed by atoms with Crippen molar-refractivity contribution in [2.45, 2.75) is 51.0 Å². The molecule has 6 rings (SSSR count). The number of fused-ring (bicyclic) bond motifs is 1. The van der Waals surface area contributed by atoms with Crippen molar-refractivity contribution in [2.75, 3.05) is 57.1 Å². The number of benzene rings is 2. The number of anilines is 2. The highest BCUT2D eigenvalue weighted by atomic mass is 19.1. The Bertz CT molecular complexity index is 1980. The zero-order chi connectivity index (χ0) is 37.5. The lowest BCUT2D eigenvalue weighted by Gasteiger charge is -2.35. The second-order valence-electron chi connectivity index (χ2n) is 14.3. The van der Waals surface area contributed by atoms with E-state index in [0.717, 1.165) is 75.1 Å². The van der Waals surface area contributed by atoms with Gasteiger partial charge in [-0.25, -0.2) is 4.39 Å². The molecule has 2 N–H and O–H groups in total. The van der Waals surface area contributed by atoms with Crippen LogP contribution in [0.2, 0.25) is 0 Å². The average molecular weight is 725 g/mol. The second-order valence-corrected chi connectivity index (χ2v) is 14.3. The molecule has 0 aliphatic carbocycles. The van der Waals surface area contributed by atoms with Gasteiger partial charge >= 0.3 is 0 Å². The van der Waals surface area contributed by atoms with Crippen LogP contribution in [0.25, 0.3) is 21.9 Å². The Morgan fingerprint density at radius 1 is 1.04 bits per heavy atom. The lowest BCUT2D eigenvalue weighted by atomic mass is 9.87. The Morgan fingerprint density at radius 3 is 2.45 bits per heavy atom. The van der Waals surface area contributed by atoms with Crippen LogP contribution < -0.4 is 25.8 Å². The Balaban J connectivity index is 0.977. The number of halogens is 1. The standard InChI is InChI=1S/C41H49FN6O5/c1-43-40(51)9-6-31(26-49)45-30-4-7-32(8-5-30)48-18-13-28(14-19-48)38(50)25-47-16-11-27(12-17-47)20-34-37(42)21-29(22-39(34)53-3)36-24-46(2)41(52)35-23-44-15-10-33(35)36/h4-5,7-8,10,15,21-24,26-28,31,45H,6,9,11-14,16-20,25H2,1-3H3,(H,43,51). The van der Waals surface area contributed by atoms with Crippen LogP contribution in [0.15, 0.2) is 65.8 Å². The molecule has 4 aromatic rings. The molecular weight excluding hydrogens is 675 g/mol. The van der Waals surface area contributed by atoms with Crippen molar-refractivity contribution in [3.05, 3.63) is 82.8 Å². The number of ketones is 1. The second kappa shape index (κ2) is 17.2. The number of ether oxygens (including phenoxy) is 1. The number of amides is 1. The quantitative estimate of drug-likeness (QED) is 0.173. The number of nitrogens with zero attached hydrogens (tertiary/aromatic N) is 4. The predicted octanol–water partition coefficient (Wildman–Crippen LogP) is 4.99. The van der Waals surface area contributed by atoms with Crippen LogP contribution in [0.5, 0.6) is 5.75 Å². The number of carbonyl (C=O) groups excluding carboxylic acids is 3. The normalized spacial score (nSPS) is 16.3. The summed E-state index contributed by atoms with van der Waals surface area (Å²) in [5.41, 5.74) is 3.68. The number of aromatic nitrogens is 2. The SMILES string of the molecule is CNC(=O)CCC(C=O)Nc1ccc(N2CCC(C(=O)CN3CCC(Cc4c(F)cc(-c5cn(C)c(=O)c6cnccc56)cc4OC)CC3)CC2)cc1. The maximum Gasteiger partial charge on any atom is 0.259 e. The van der Waals surface area contributed by atoms with E-state index in [2.05, 4.69) is 25.4 Å². The molecule has 53 heavy (non-hydrogen) atoms. The Hall–Kier alpha value is -5.10. The van der Waals surface area contributed by atoms with Gasteiger partial charge in [-0.05, 0) is 111 Å². The highest BCUT2D eigenvalue weighted by Crippen LogP contribution is 2.35. The zero-order valence-electron chi connectivity index (χ0n) is 30.8. The van der Waals surface area contributed by atoms with E-state index in [9.17, 15) is 19.2 Å². The van der Waals surface area contributed by atoms with Gasteiger partial charge in [0.2, 0.25) is 5.91 Å². The average Bonchev–Trinajstić information content (AvgIpc) is 3.19. The molecule has 1 amide bonds. The molecule has 4 heterocycles. The summed E-state index contributed by atoms with van der Waals surface area (Å²) in [5, 5.41) is 6.95. The van der Waals surface area contributed by atoms with E-state index in [1.165, 1.54) is 10.6 Å². The third-order valence-electron chi connectivity index (χ3n) is 10.9. The third-order valence-corrected chi connectivity index (χ3v) is 10.9. The molecule has 1 atom stereocenters. The summed E-state index contributed by atoms with van der Waals surface area (Å²) in [5.74, 6) is 0.682. The lowest BCUT2D eigenvalue weighted by molar-refractivity contribution is -0.125. The minimum Gasteiger partial charge on any atom is -0.496 e. The van der Waals surface area contributed by atoms with Crippen LogP contribution in [0, 0.1) is 17.7 Å². The Morgan fingerprint density at radius 2 is 1.77 bits per heavy atom. The molecule has 1 unspecified atom stereocenters. The summed E-state index contributed by atoms with van der Waals surface area (Å²) >= 11 is 0. The summed E-state index contributed by atoms with van der Waals surface area (Å²) in [4.78, 5) is 57.7. The number of likely N-dealkylation sites (tertiary alicyclic amines) is 1. The van der Waals surface area contributed by atoms with Crippen LogP contribution >= 0.6 is 0 Å². The molecule has 2 fully saturated rings. The number of pyridine rings is 2. The van der Waals surface area contributed by atoms with E-state index in [-0.39, 0.29) is 35.5 Å². The van der Waals surface area contributed by atoms with Gasteiger partial charge in [0.1, 0.15) is 23.6 Å². The number of carbonyl (C=O) groups is 3. The van der Waals surface area contributed by atoms with Crippen LogP contribution in [-0.2, 0) is 27.9 Å². The highest BCUT2D eigenvalue weighted by Gasteiger charge is 2.29. The van der Waals surface area contributed by atoms with E-state index in [1.807, 2.05) is 30.3 Å². The van der Waals surface area contributed by atoms with Crippen LogP contribution in [0.3, 0.4) is 0 Å². The number of piperidine rings is 2. The zero-order valence-corrected chi connectivity index (χ0v) is 30.8. The summed E-state index contributed by atoms with van der Waals surface area (Å²) in [7, 11) is 4.82. The fourth-order valence-electron chi connectivity index (χ4n) is 7.70. The topological polar surface area (TPSA) is 126 Å². The molecular formula is C41H49FN6O5. The smallest absolute Gasteiger partial charge is 0.259 e. The monoisotopic (exact) mass is 724 g/mol. The minimum atomic E-state index is -0.435. The van der Waals surface area contributed by atoms with Gasteiger partial charge in [-0.3, -0.25) is 24.3 Å². The predicted molar refractivity (Wildman–Crippen MR) is 205 cm³/mol. The maximum atomic E-state index is 15.8. The van der Waals surface area contributed by atoms with Crippen molar-refractivity contribution >= 4 is 40.1 Å². The number of nitrogens with one attached hydrogen (secondary N) is 2. The molecule has 2 saturated heterocycles. The number of hydrogen-bond donors (Lipinski definition) is 2. The fourth-order valence-corrected chi connectivity index (χ4v) is 7.70. The summed E-state index contributed by atoms with van der Waals surface area (Å²) in [6.07, 6.45) is 10.4. The summed E-state index contributed by atoms with van der Waals surface area (Å²) in [6.45, 7) is 3.65. The number of hydrogen-bond acceptors (Lipinski definition) is 9. The van der Waals surface area contributed by atoms with Gasteiger partial charge in [0, 0.05) is 80.6 Å². The maximum absolute atomic E-state index is 15.8. The van der Waals surface area contributed by atoms with Crippen LogP contribution in [0.1, 0.15) is 44.1 Å². The minimum absolute atomic E-state index is 0.0378. The van der Waals surface area contributed by atoms with Crippen LogP contribution in [0.4, 0.5) is 15.8 Å². The van der Waals surface area contributed by atoms with Crippen molar-refractivity contribution in [3.8, 4) is 16.9 Å². The first kappa shape index (κ1) is 37.7. The lowest BCUT2D eigenvalue weighted by Crippen LogP contribution is -2.42. The molecule has 0 saturated carbocycles. The van der Waals surface area contributed by atoms with E-state index < -0.39 is 6.04 Å². The summed E-state index contributed by atoms with van der Waals surface area (Å²) < 4.78 is 23.0. The number of aldehydes is 1. The Labute approximate surface area is 309 Å². The Kier molecular flexibility index (Phi) is 12.2. The highest BCUT2D eigenvalue weighted by molar-refractivity contribution is 5.95. The van der Waals surface area contributed by atoms with Crippen molar-refractivity contribution in [1.29, 1.82) is 0 Å². The van der Waals surface area contributed by atoms with Gasteiger partial charge < -0.3 is 29.6 Å². The molecule has 2 aromatic carbocycles. The molecule has 2 aromatic heterocycles. The fraction of sp³-hybridized carbons (Fsp3) is 0.439. The molecule has 0 spiro atoms. The third kappa shape index (κ3) is 8.93. The van der Waals surface area contributed by atoms with Gasteiger partial charge in [-0.1, -0.05) is 0 Å². The van der Waals surface area contributed by atoms with E-state index >= 15 is 4.39 Å². The molecule has 0 radical (unpaired) electrons. The van der Waals surface area contributed by atoms with Gasteiger partial charge in [-0.2, -0.15) is 0 Å². The first-order valence-electron chi connectivity index (χ1n) is 18.5.